The van der Waals surface area contributed by atoms with Crippen molar-refractivity contribution in [2.24, 2.45) is 0 Å². The first-order valence-corrected chi connectivity index (χ1v) is 9.74. The predicted octanol–water partition coefficient (Wildman–Crippen LogP) is 4.00. The molecule has 0 radical (unpaired) electrons. The third-order valence-corrected chi connectivity index (χ3v) is 5.11. The number of rotatable bonds is 7. The molecule has 1 atom stereocenters. The van der Waals surface area contributed by atoms with Crippen molar-refractivity contribution < 1.29 is 19.1 Å². The zero-order valence-electron chi connectivity index (χ0n) is 16.0. The van der Waals surface area contributed by atoms with Crippen molar-refractivity contribution >= 4 is 39.1 Å². The SMILES string of the molecule is Cc1ccc(NC(=O)[C@H](C)OC(=O)COCc2nc3ccccc3s2)c(C)c1. The summed E-state index contributed by atoms with van der Waals surface area (Å²) in [5.74, 6) is -0.976. The lowest BCUT2D eigenvalue weighted by atomic mass is 10.1. The molecule has 7 heteroatoms. The molecule has 0 aliphatic rings. The van der Waals surface area contributed by atoms with Crippen LogP contribution in [0.1, 0.15) is 23.1 Å². The highest BCUT2D eigenvalue weighted by Gasteiger charge is 2.18. The lowest BCUT2D eigenvalue weighted by Crippen LogP contribution is -2.31. The van der Waals surface area contributed by atoms with Crippen molar-refractivity contribution in [2.75, 3.05) is 11.9 Å². The van der Waals surface area contributed by atoms with Crippen molar-refractivity contribution in [1.29, 1.82) is 0 Å². The molecule has 1 heterocycles. The van der Waals surface area contributed by atoms with Gasteiger partial charge >= 0.3 is 5.97 Å². The Bertz CT molecular complexity index is 966. The third-order valence-electron chi connectivity index (χ3n) is 4.10. The summed E-state index contributed by atoms with van der Waals surface area (Å²) in [6, 6.07) is 13.5. The molecule has 0 saturated carbocycles. The fourth-order valence-corrected chi connectivity index (χ4v) is 3.58. The Balaban J connectivity index is 1.45. The van der Waals surface area contributed by atoms with Crippen molar-refractivity contribution in [2.45, 2.75) is 33.5 Å². The second-order valence-electron chi connectivity index (χ2n) is 6.51. The van der Waals surface area contributed by atoms with Gasteiger partial charge in [0.1, 0.15) is 11.6 Å². The van der Waals surface area contributed by atoms with Gasteiger partial charge in [0.05, 0.1) is 16.8 Å². The van der Waals surface area contributed by atoms with E-state index in [4.69, 9.17) is 9.47 Å². The monoisotopic (exact) mass is 398 g/mol. The molecule has 1 aromatic heterocycles. The first kappa shape index (κ1) is 20.0. The van der Waals surface area contributed by atoms with E-state index in [1.165, 1.54) is 18.3 Å². The molecule has 0 saturated heterocycles. The van der Waals surface area contributed by atoms with Gasteiger partial charge in [-0.1, -0.05) is 29.8 Å². The average molecular weight is 398 g/mol. The molecule has 0 aliphatic heterocycles. The fraction of sp³-hybridized carbons (Fsp3) is 0.286. The summed E-state index contributed by atoms with van der Waals surface area (Å²) in [5.41, 5.74) is 3.67. The van der Waals surface area contributed by atoms with Crippen molar-refractivity contribution in [3.05, 3.63) is 58.6 Å². The number of carbonyl (C=O) groups excluding carboxylic acids is 2. The van der Waals surface area contributed by atoms with Crippen molar-refractivity contribution in [3.63, 3.8) is 0 Å². The molecule has 0 fully saturated rings. The molecule has 0 spiro atoms. The van der Waals surface area contributed by atoms with Crippen molar-refractivity contribution in [3.8, 4) is 0 Å². The summed E-state index contributed by atoms with van der Waals surface area (Å²) in [4.78, 5) is 28.6. The lowest BCUT2D eigenvalue weighted by Gasteiger charge is -2.15. The van der Waals surface area contributed by atoms with E-state index in [0.717, 1.165) is 26.4 Å². The number of anilines is 1. The van der Waals surface area contributed by atoms with Gasteiger partial charge in [-0.05, 0) is 44.5 Å². The molecule has 1 N–H and O–H groups in total. The lowest BCUT2D eigenvalue weighted by molar-refractivity contribution is -0.157. The Kier molecular flexibility index (Phi) is 6.38. The first-order valence-electron chi connectivity index (χ1n) is 8.92. The van der Waals surface area contributed by atoms with Crippen LogP contribution in [0, 0.1) is 13.8 Å². The van der Waals surface area contributed by atoms with E-state index in [2.05, 4.69) is 10.3 Å². The first-order chi connectivity index (χ1) is 13.4. The van der Waals surface area contributed by atoms with Crippen LogP contribution in [-0.4, -0.2) is 29.6 Å². The number of carbonyl (C=O) groups is 2. The van der Waals surface area contributed by atoms with Crippen LogP contribution in [0.15, 0.2) is 42.5 Å². The molecule has 6 nitrogen and oxygen atoms in total. The number of esters is 1. The van der Waals surface area contributed by atoms with Gasteiger partial charge in [-0.25, -0.2) is 9.78 Å². The summed E-state index contributed by atoms with van der Waals surface area (Å²) in [6.45, 7) is 5.41. The number of fused-ring (bicyclic) bond motifs is 1. The smallest absolute Gasteiger partial charge is 0.332 e. The maximum atomic E-state index is 12.2. The Morgan fingerprint density at radius 1 is 1.18 bits per heavy atom. The molecule has 3 aromatic rings. The Hall–Kier alpha value is -2.77. The van der Waals surface area contributed by atoms with E-state index in [0.29, 0.717) is 5.69 Å². The van der Waals surface area contributed by atoms with Crippen LogP contribution >= 0.6 is 11.3 Å². The minimum absolute atomic E-state index is 0.220. The van der Waals surface area contributed by atoms with E-state index in [-0.39, 0.29) is 19.1 Å². The molecule has 2 aromatic carbocycles. The van der Waals surface area contributed by atoms with Gasteiger partial charge in [-0.15, -0.1) is 11.3 Å². The predicted molar refractivity (Wildman–Crippen MR) is 109 cm³/mol. The Morgan fingerprint density at radius 2 is 1.96 bits per heavy atom. The van der Waals surface area contributed by atoms with Crippen LogP contribution in [-0.2, 0) is 25.7 Å². The number of nitrogens with zero attached hydrogens (tertiary/aromatic N) is 1. The van der Waals surface area contributed by atoms with Crippen LogP contribution in [0.3, 0.4) is 0 Å². The normalized spacial score (nSPS) is 12.0. The molecular weight excluding hydrogens is 376 g/mol. The quantitative estimate of drug-likeness (QED) is 0.609. The number of nitrogens with one attached hydrogen (secondary N) is 1. The van der Waals surface area contributed by atoms with Crippen LogP contribution in [0.2, 0.25) is 0 Å². The number of hydrogen-bond acceptors (Lipinski definition) is 6. The van der Waals surface area contributed by atoms with Crippen molar-refractivity contribution in [1.82, 2.24) is 4.98 Å². The standard InChI is InChI=1S/C21H22N2O4S/c1-13-8-9-16(14(2)10-13)23-21(25)15(3)27-20(24)12-26-11-19-22-17-6-4-5-7-18(17)28-19/h4-10,15H,11-12H2,1-3H3,(H,23,25)/t15-/m0/s1. The van der Waals surface area contributed by atoms with E-state index in [1.807, 2.05) is 56.3 Å². The zero-order valence-corrected chi connectivity index (χ0v) is 16.8. The molecular formula is C21H22N2O4S. The number of hydrogen-bond donors (Lipinski definition) is 1. The highest BCUT2D eigenvalue weighted by molar-refractivity contribution is 7.18. The Morgan fingerprint density at radius 3 is 2.71 bits per heavy atom. The number of aromatic nitrogens is 1. The summed E-state index contributed by atoms with van der Waals surface area (Å²) in [5, 5.41) is 3.56. The minimum atomic E-state index is -0.917. The van der Waals surface area contributed by atoms with E-state index < -0.39 is 12.1 Å². The highest BCUT2D eigenvalue weighted by atomic mass is 32.1. The number of ether oxygens (including phenoxy) is 2. The second-order valence-corrected chi connectivity index (χ2v) is 7.62. The van der Waals surface area contributed by atoms with Crippen LogP contribution in [0.25, 0.3) is 10.2 Å². The van der Waals surface area contributed by atoms with E-state index >= 15 is 0 Å². The molecule has 146 valence electrons. The maximum Gasteiger partial charge on any atom is 0.332 e. The van der Waals surface area contributed by atoms with E-state index in [9.17, 15) is 9.59 Å². The topological polar surface area (TPSA) is 77.5 Å². The van der Waals surface area contributed by atoms with Gasteiger partial charge in [0.2, 0.25) is 0 Å². The fourth-order valence-electron chi connectivity index (χ4n) is 2.68. The second kappa shape index (κ2) is 8.95. The van der Waals surface area contributed by atoms with Crippen LogP contribution in [0.5, 0.6) is 0 Å². The molecule has 0 bridgehead atoms. The molecule has 0 aliphatic carbocycles. The van der Waals surface area contributed by atoms with Crippen LogP contribution in [0.4, 0.5) is 5.69 Å². The summed E-state index contributed by atoms with van der Waals surface area (Å²) >= 11 is 1.52. The van der Waals surface area contributed by atoms with Gasteiger partial charge in [0.15, 0.2) is 6.10 Å². The highest BCUT2D eigenvalue weighted by Crippen LogP contribution is 2.22. The summed E-state index contributed by atoms with van der Waals surface area (Å²) in [6.07, 6.45) is -0.917. The number of thiazole rings is 1. The van der Waals surface area contributed by atoms with Gasteiger partial charge in [0, 0.05) is 5.69 Å². The summed E-state index contributed by atoms with van der Waals surface area (Å²) in [7, 11) is 0. The zero-order chi connectivity index (χ0) is 20.1. The Labute approximate surface area is 167 Å². The minimum Gasteiger partial charge on any atom is -0.451 e. The van der Waals surface area contributed by atoms with Gasteiger partial charge < -0.3 is 14.8 Å². The van der Waals surface area contributed by atoms with Crippen LogP contribution < -0.4 is 5.32 Å². The number of aryl methyl sites for hydroxylation is 2. The number of benzene rings is 2. The number of para-hydroxylation sites is 1. The van der Waals surface area contributed by atoms with Gasteiger partial charge in [0.25, 0.3) is 5.91 Å². The van der Waals surface area contributed by atoms with E-state index in [1.54, 1.807) is 0 Å². The van der Waals surface area contributed by atoms with Gasteiger partial charge in [-0.2, -0.15) is 0 Å². The molecule has 3 rings (SSSR count). The molecule has 28 heavy (non-hydrogen) atoms. The largest absolute Gasteiger partial charge is 0.451 e. The number of amides is 1. The third kappa shape index (κ3) is 5.15. The molecule has 1 amide bonds. The average Bonchev–Trinajstić information content (AvgIpc) is 3.06. The molecule has 0 unspecified atom stereocenters. The maximum absolute atomic E-state index is 12.2. The van der Waals surface area contributed by atoms with Gasteiger partial charge in [-0.3, -0.25) is 4.79 Å². The summed E-state index contributed by atoms with van der Waals surface area (Å²) < 4.78 is 11.6.